The van der Waals surface area contributed by atoms with Gasteiger partial charge < -0.3 is 25.2 Å². The van der Waals surface area contributed by atoms with Crippen LogP contribution in [0, 0.1) is 5.92 Å². The first-order chi connectivity index (χ1) is 8.94. The third kappa shape index (κ3) is 3.94. The normalized spacial score (nSPS) is 18.6. The van der Waals surface area contributed by atoms with Gasteiger partial charge in [-0.2, -0.15) is 0 Å². The van der Waals surface area contributed by atoms with Gasteiger partial charge in [0, 0.05) is 25.3 Å². The fourth-order valence-corrected chi connectivity index (χ4v) is 1.91. The lowest BCUT2D eigenvalue weighted by Crippen LogP contribution is -2.42. The Morgan fingerprint density at radius 2 is 1.65 bits per heavy atom. The molecule has 0 radical (unpaired) electrons. The standard InChI is InChI=1S/C12H16O8/c1-6(10(15)20-11(2,16)17)5-12(18,19)9-7(13)3-4-8(9)14/h5,9,16-19H,3-4H2,1-2H3/b6-5+. The van der Waals surface area contributed by atoms with Crippen molar-refractivity contribution in [1.29, 1.82) is 0 Å². The minimum absolute atomic E-state index is 0.0882. The first kappa shape index (κ1) is 16.4. The van der Waals surface area contributed by atoms with Crippen LogP contribution in [-0.2, 0) is 19.1 Å². The van der Waals surface area contributed by atoms with Crippen molar-refractivity contribution in [3.8, 4) is 0 Å². The quantitative estimate of drug-likeness (QED) is 0.209. The summed E-state index contributed by atoms with van der Waals surface area (Å²) < 4.78 is 4.17. The highest BCUT2D eigenvalue weighted by Crippen LogP contribution is 2.29. The number of rotatable bonds is 4. The number of Topliss-reactive ketones (excluding diaryl/α,β-unsaturated/α-hetero) is 2. The fraction of sp³-hybridized carbons (Fsp3) is 0.583. The zero-order valence-corrected chi connectivity index (χ0v) is 11.0. The Labute approximate surface area is 114 Å². The molecule has 8 heteroatoms. The maximum atomic E-state index is 11.4. The lowest BCUT2D eigenvalue weighted by Gasteiger charge is -2.23. The monoisotopic (exact) mass is 288 g/mol. The Bertz CT molecular complexity index is 452. The molecule has 0 aromatic rings. The average Bonchev–Trinajstić information content (AvgIpc) is 2.55. The van der Waals surface area contributed by atoms with Crippen LogP contribution in [-0.4, -0.2) is 49.7 Å². The van der Waals surface area contributed by atoms with Crippen LogP contribution in [0.3, 0.4) is 0 Å². The van der Waals surface area contributed by atoms with Crippen LogP contribution in [0.25, 0.3) is 0 Å². The molecule has 112 valence electrons. The molecule has 0 atom stereocenters. The van der Waals surface area contributed by atoms with E-state index in [9.17, 15) is 24.6 Å². The van der Waals surface area contributed by atoms with Gasteiger partial charge in [-0.15, -0.1) is 0 Å². The molecule has 0 bridgehead atoms. The van der Waals surface area contributed by atoms with Gasteiger partial charge in [0.05, 0.1) is 0 Å². The number of carbonyl (C=O) groups is 3. The van der Waals surface area contributed by atoms with E-state index >= 15 is 0 Å². The number of hydrogen-bond donors (Lipinski definition) is 4. The van der Waals surface area contributed by atoms with Crippen molar-refractivity contribution >= 4 is 17.5 Å². The molecule has 1 fully saturated rings. The third-order valence-electron chi connectivity index (χ3n) is 2.72. The first-order valence-electron chi connectivity index (χ1n) is 5.82. The van der Waals surface area contributed by atoms with Crippen LogP contribution < -0.4 is 0 Å². The van der Waals surface area contributed by atoms with Crippen molar-refractivity contribution in [3.63, 3.8) is 0 Å². The van der Waals surface area contributed by atoms with E-state index in [1.165, 1.54) is 0 Å². The molecule has 1 aliphatic rings. The predicted octanol–water partition coefficient (Wildman–Crippen LogP) is -1.64. The number of esters is 1. The van der Waals surface area contributed by atoms with Crippen molar-refractivity contribution in [2.24, 2.45) is 5.92 Å². The maximum Gasteiger partial charge on any atom is 0.337 e. The second-order valence-corrected chi connectivity index (χ2v) is 4.80. The van der Waals surface area contributed by atoms with Gasteiger partial charge in [0.15, 0.2) is 0 Å². The van der Waals surface area contributed by atoms with Crippen LogP contribution in [0.1, 0.15) is 26.7 Å². The zero-order chi connectivity index (χ0) is 15.7. The summed E-state index contributed by atoms with van der Waals surface area (Å²) in [5, 5.41) is 37.3. The fourth-order valence-electron chi connectivity index (χ4n) is 1.91. The van der Waals surface area contributed by atoms with E-state index in [0.717, 1.165) is 13.8 Å². The molecular weight excluding hydrogens is 272 g/mol. The Morgan fingerprint density at radius 3 is 2.05 bits per heavy atom. The van der Waals surface area contributed by atoms with E-state index in [1.807, 2.05) is 0 Å². The van der Waals surface area contributed by atoms with Crippen LogP contribution >= 0.6 is 0 Å². The number of carbonyl (C=O) groups excluding carboxylic acids is 3. The number of hydrogen-bond acceptors (Lipinski definition) is 8. The van der Waals surface area contributed by atoms with E-state index in [-0.39, 0.29) is 12.8 Å². The van der Waals surface area contributed by atoms with Gasteiger partial charge in [-0.05, 0) is 13.0 Å². The molecule has 0 spiro atoms. The number of ether oxygens (including phenoxy) is 1. The van der Waals surface area contributed by atoms with Crippen molar-refractivity contribution in [2.45, 2.75) is 38.4 Å². The molecule has 4 N–H and O–H groups in total. The minimum atomic E-state index is -2.82. The molecule has 8 nitrogen and oxygen atoms in total. The summed E-state index contributed by atoms with van der Waals surface area (Å²) in [6, 6.07) is 0. The molecule has 0 aromatic heterocycles. The summed E-state index contributed by atoms with van der Waals surface area (Å²) in [5.41, 5.74) is -0.392. The smallest absolute Gasteiger partial charge is 0.337 e. The highest BCUT2D eigenvalue weighted by Gasteiger charge is 2.47. The zero-order valence-electron chi connectivity index (χ0n) is 11.0. The van der Waals surface area contributed by atoms with Crippen molar-refractivity contribution in [3.05, 3.63) is 11.6 Å². The lowest BCUT2D eigenvalue weighted by atomic mass is 9.93. The minimum Gasteiger partial charge on any atom is -0.405 e. The number of ketones is 2. The summed E-state index contributed by atoms with van der Waals surface area (Å²) in [6.45, 7) is 1.90. The van der Waals surface area contributed by atoms with Crippen LogP contribution in [0.4, 0.5) is 0 Å². The van der Waals surface area contributed by atoms with Gasteiger partial charge in [0.25, 0.3) is 0 Å². The van der Waals surface area contributed by atoms with E-state index in [2.05, 4.69) is 4.74 Å². The molecule has 0 aliphatic heterocycles. The van der Waals surface area contributed by atoms with Crippen molar-refractivity contribution < 1.29 is 39.5 Å². The molecular formula is C12H16O8. The molecule has 1 rings (SSSR count). The highest BCUT2D eigenvalue weighted by atomic mass is 16.8. The predicted molar refractivity (Wildman–Crippen MR) is 62.6 cm³/mol. The maximum absolute atomic E-state index is 11.4. The molecule has 0 aromatic carbocycles. The summed E-state index contributed by atoms with van der Waals surface area (Å²) in [6.07, 6.45) is 0.400. The molecule has 1 aliphatic carbocycles. The van der Waals surface area contributed by atoms with E-state index in [0.29, 0.717) is 6.08 Å². The SMILES string of the molecule is C/C(=C\C(O)(O)C1C(=O)CCC1=O)C(=O)OC(C)(O)O. The van der Waals surface area contributed by atoms with Gasteiger partial charge in [-0.1, -0.05) is 0 Å². The summed E-state index contributed by atoms with van der Waals surface area (Å²) in [7, 11) is 0. The Kier molecular flexibility index (Phi) is 4.45. The molecule has 1 saturated carbocycles. The van der Waals surface area contributed by atoms with E-state index in [1.54, 1.807) is 0 Å². The molecule has 0 amide bonds. The molecule has 20 heavy (non-hydrogen) atoms. The Hall–Kier alpha value is -1.61. The van der Waals surface area contributed by atoms with Crippen LogP contribution in [0.5, 0.6) is 0 Å². The average molecular weight is 288 g/mol. The van der Waals surface area contributed by atoms with Crippen LogP contribution in [0.2, 0.25) is 0 Å². The summed E-state index contributed by atoms with van der Waals surface area (Å²) in [4.78, 5) is 34.3. The topological polar surface area (TPSA) is 141 Å². The molecule has 0 heterocycles. The van der Waals surface area contributed by atoms with Gasteiger partial charge >= 0.3 is 11.9 Å². The third-order valence-corrected chi connectivity index (χ3v) is 2.72. The second kappa shape index (κ2) is 5.41. The Morgan fingerprint density at radius 1 is 1.20 bits per heavy atom. The molecule has 0 unspecified atom stereocenters. The Balaban J connectivity index is 2.93. The van der Waals surface area contributed by atoms with Crippen molar-refractivity contribution in [2.75, 3.05) is 0 Å². The van der Waals surface area contributed by atoms with Gasteiger partial charge in [-0.3, -0.25) is 9.59 Å². The molecule has 0 saturated heterocycles. The van der Waals surface area contributed by atoms with Gasteiger partial charge in [0.1, 0.15) is 17.5 Å². The largest absolute Gasteiger partial charge is 0.405 e. The van der Waals surface area contributed by atoms with E-state index in [4.69, 9.17) is 10.2 Å². The van der Waals surface area contributed by atoms with E-state index < -0.39 is 40.8 Å². The van der Waals surface area contributed by atoms with Gasteiger partial charge in [-0.25, -0.2) is 4.79 Å². The van der Waals surface area contributed by atoms with Gasteiger partial charge in [0.2, 0.25) is 5.79 Å². The first-order valence-corrected chi connectivity index (χ1v) is 5.82. The second-order valence-electron chi connectivity index (χ2n) is 4.80. The summed E-state index contributed by atoms with van der Waals surface area (Å²) in [5.74, 6) is -9.70. The number of aliphatic hydroxyl groups is 4. The van der Waals surface area contributed by atoms with Crippen molar-refractivity contribution in [1.82, 2.24) is 0 Å². The lowest BCUT2D eigenvalue weighted by molar-refractivity contribution is -0.305. The summed E-state index contributed by atoms with van der Waals surface area (Å²) >= 11 is 0. The highest BCUT2D eigenvalue weighted by molar-refractivity contribution is 6.09. The van der Waals surface area contributed by atoms with Crippen LogP contribution in [0.15, 0.2) is 11.6 Å².